The monoisotopic (exact) mass is 1820 g/mol. The van der Waals surface area contributed by atoms with Crippen molar-refractivity contribution in [2.75, 3.05) is 33.7 Å². The van der Waals surface area contributed by atoms with Gasteiger partial charge in [-0.3, -0.25) is 58.9 Å². The van der Waals surface area contributed by atoms with Crippen molar-refractivity contribution in [3.8, 4) is 77.9 Å². The van der Waals surface area contributed by atoms with E-state index in [1.807, 2.05) is 208 Å². The second-order valence-corrected chi connectivity index (χ2v) is 38.4. The number of sulfone groups is 2. The number of benzene rings is 7. The highest BCUT2D eigenvalue weighted by atomic mass is 32.2. The molecule has 14 rings (SSSR count). The molecule has 0 saturated heterocycles. The molecule has 0 spiro atoms. The van der Waals surface area contributed by atoms with Crippen molar-refractivity contribution in [1.82, 2.24) is 45.1 Å². The fraction of sp³-hybridized carbons (Fsp3) is 0.268. The number of ketones is 3. The van der Waals surface area contributed by atoms with Gasteiger partial charge in [-0.15, -0.1) is 0 Å². The van der Waals surface area contributed by atoms with E-state index in [-0.39, 0.29) is 46.6 Å². The predicted molar refractivity (Wildman–Crippen MR) is 539 cm³/mol. The Balaban J connectivity index is 0.000000191. The maximum atomic E-state index is 13.6. The zero-order valence-electron chi connectivity index (χ0n) is 80.4. The van der Waals surface area contributed by atoms with Gasteiger partial charge in [-0.2, -0.15) is 0 Å². The number of hydrogen-bond donors (Lipinski definition) is 1. The number of carbonyl (C=O) groups is 5. The molecule has 0 aliphatic rings. The average Bonchev–Trinajstić information content (AvgIpc) is 0.793. The molecule has 0 aliphatic heterocycles. The van der Waals surface area contributed by atoms with Crippen molar-refractivity contribution in [2.45, 2.75) is 175 Å². The Morgan fingerprint density at radius 1 is 0.316 bits per heavy atom. The molecule has 7 heterocycles. The van der Waals surface area contributed by atoms with Crippen molar-refractivity contribution >= 4 is 48.8 Å². The minimum Gasteiger partial charge on any atom is -0.355 e. The van der Waals surface area contributed by atoms with Gasteiger partial charge in [0.05, 0.1) is 55.2 Å². The molecule has 0 atom stereocenters. The molecule has 0 unspecified atom stereocenters. The Morgan fingerprint density at radius 2 is 0.594 bits per heavy atom. The molecule has 1 N–H and O–H groups in total. The molecule has 2 amide bonds. The number of rotatable bonds is 22. The molecule has 7 aromatic carbocycles. The van der Waals surface area contributed by atoms with Crippen molar-refractivity contribution in [3.63, 3.8) is 0 Å². The first-order valence-corrected chi connectivity index (χ1v) is 48.4. The lowest BCUT2D eigenvalue weighted by Crippen LogP contribution is -2.21. The first-order valence-electron chi connectivity index (χ1n) is 44.6. The van der Waals surface area contributed by atoms with Crippen LogP contribution in [0, 0.1) is 5.82 Å². The molecule has 0 aliphatic carbocycles. The van der Waals surface area contributed by atoms with Gasteiger partial charge in [-0.05, 0) is 203 Å². The average molecular weight is 1820 g/mol. The van der Waals surface area contributed by atoms with Gasteiger partial charge in [0.1, 0.15) is 5.82 Å². The number of hydrogen-bond acceptors (Lipinski definition) is 16. The van der Waals surface area contributed by atoms with Crippen LogP contribution < -0.4 is 5.32 Å². The van der Waals surface area contributed by atoms with Crippen molar-refractivity contribution in [1.29, 1.82) is 0 Å². The lowest BCUT2D eigenvalue weighted by atomic mass is 9.95. The third-order valence-electron chi connectivity index (χ3n) is 21.5. The maximum absolute atomic E-state index is 13.6. The van der Waals surface area contributed by atoms with Crippen LogP contribution in [0.3, 0.4) is 0 Å². The van der Waals surface area contributed by atoms with Gasteiger partial charge >= 0.3 is 0 Å². The predicted octanol–water partition coefficient (Wildman–Crippen LogP) is 26.1. The molecule has 21 heteroatoms. The standard InChI is InChI=1S/C17H20N2O.C17H19NO.C16H16FNO.C16H18N2O.C16H17NO.2C15H17NO2S/c1-12(2)16-15(6-5-11-18-16)13-7-9-14(10-8-13)17(20)19(3)4;1-4-16(19)14-8-5-7-13(11-14)15-9-6-10-18-17(15)12(2)3;1-10(2)16-13(5-4-8-18-16)12-6-7-15(17)14(9-12)11(3)19;1-11(2)15-14(5-4-10-18-15)12-6-8-13(9-7-12)16(19)17-3;1-11(2)16-15(5-4-10-17-16)14-8-6-13(7-9-14)12(3)18;1-11(2)15-14(8-5-9-16-15)12-6-4-7-13(10-12)19(3,17)18;1-11(2)15-14(5-4-10-16-15)12-6-8-13(9-7-12)19(3,17)18/h5-12H,1-4H3;5-12H,4H2,1-3H3;4-10H,1-3H3;4-11H,1-3H3,(H,17,19);4-11H,1-3H3;2*4-11H,1-3H3. The Hall–Kier alpha value is -13.6. The van der Waals surface area contributed by atoms with Gasteiger partial charge in [0.25, 0.3) is 11.8 Å². The number of aromatic nitrogens is 7. The van der Waals surface area contributed by atoms with Gasteiger partial charge in [0.2, 0.25) is 0 Å². The van der Waals surface area contributed by atoms with Gasteiger partial charge in [-0.25, -0.2) is 21.2 Å². The van der Waals surface area contributed by atoms with E-state index in [1.165, 1.54) is 25.5 Å². The number of amides is 2. The van der Waals surface area contributed by atoms with Crippen LogP contribution in [-0.2, 0) is 19.7 Å². The van der Waals surface area contributed by atoms with Crippen LogP contribution >= 0.6 is 0 Å². The fourth-order valence-corrected chi connectivity index (χ4v) is 15.8. The zero-order chi connectivity index (χ0) is 97.6. The lowest BCUT2D eigenvalue weighted by molar-refractivity contribution is 0.0826. The Morgan fingerprint density at radius 3 is 0.880 bits per heavy atom. The molecule has 14 aromatic rings. The number of halogens is 1. The number of carbonyl (C=O) groups excluding carboxylic acids is 5. The SMILES string of the molecule is CC(=O)c1cc(-c2cccnc2C(C)C)ccc1F.CC(=O)c1ccc(-c2cccnc2C(C)C)cc1.CC(C)c1ncccc1-c1ccc(C(=O)N(C)C)cc1.CC(C)c1ncccc1-c1ccc(S(C)(=O)=O)cc1.CC(C)c1ncccc1-c1cccc(S(C)(=O)=O)c1.CCC(=O)c1cccc(-c2cccnc2C(C)C)c1.CNC(=O)c1ccc(-c2cccnc2C(C)C)cc1. The summed E-state index contributed by atoms with van der Waals surface area (Å²) in [6.07, 6.45) is 15.5. The summed E-state index contributed by atoms with van der Waals surface area (Å²) in [6, 6.07) is 77.0. The van der Waals surface area contributed by atoms with Crippen LogP contribution in [0.2, 0.25) is 0 Å². The number of nitrogens with one attached hydrogen (secondary N) is 1. The minimum absolute atomic E-state index is 0.0202. The van der Waals surface area contributed by atoms with Gasteiger partial charge < -0.3 is 10.2 Å². The highest BCUT2D eigenvalue weighted by Crippen LogP contribution is 2.36. The molecular weight excluding hydrogens is 1700 g/mol. The van der Waals surface area contributed by atoms with Crippen molar-refractivity contribution < 1.29 is 45.2 Å². The van der Waals surface area contributed by atoms with Crippen LogP contribution in [-0.4, -0.2) is 119 Å². The molecule has 7 aromatic heterocycles. The third-order valence-corrected chi connectivity index (χ3v) is 23.7. The third kappa shape index (κ3) is 29.7. The summed E-state index contributed by atoms with van der Waals surface area (Å²) in [5.74, 6) is 1.84. The van der Waals surface area contributed by atoms with E-state index >= 15 is 0 Å². The van der Waals surface area contributed by atoms with E-state index in [0.29, 0.717) is 56.9 Å². The molecule has 690 valence electrons. The molecule has 0 radical (unpaired) electrons. The maximum Gasteiger partial charge on any atom is 0.253 e. The van der Waals surface area contributed by atoms with E-state index in [0.717, 1.165) is 129 Å². The van der Waals surface area contributed by atoms with Crippen LogP contribution in [0.4, 0.5) is 4.39 Å². The molecular formula is C112H124FN9O9S2. The highest BCUT2D eigenvalue weighted by Gasteiger charge is 2.21. The fourth-order valence-electron chi connectivity index (χ4n) is 14.5. The van der Waals surface area contributed by atoms with Crippen LogP contribution in [0.15, 0.2) is 302 Å². The van der Waals surface area contributed by atoms with E-state index in [4.69, 9.17) is 0 Å². The van der Waals surface area contributed by atoms with Gasteiger partial charge in [-0.1, -0.05) is 243 Å². The quantitative estimate of drug-likeness (QED) is 0.0618. The molecule has 133 heavy (non-hydrogen) atoms. The Bertz CT molecular complexity index is 6520. The van der Waals surface area contributed by atoms with Gasteiger partial charge in [0, 0.05) is 145 Å². The van der Waals surface area contributed by atoms with Crippen LogP contribution in [0.25, 0.3) is 77.9 Å². The zero-order valence-corrected chi connectivity index (χ0v) is 82.0. The molecule has 0 fully saturated rings. The largest absolute Gasteiger partial charge is 0.355 e. The lowest BCUT2D eigenvalue weighted by Gasteiger charge is -2.13. The Labute approximate surface area is 786 Å². The highest BCUT2D eigenvalue weighted by molar-refractivity contribution is 7.91. The van der Waals surface area contributed by atoms with E-state index in [2.05, 4.69) is 161 Å². The van der Waals surface area contributed by atoms with E-state index < -0.39 is 25.5 Å². The summed E-state index contributed by atoms with van der Waals surface area (Å²) in [5, 5.41) is 2.62. The second kappa shape index (κ2) is 49.6. The topological polar surface area (TPSA) is 259 Å². The van der Waals surface area contributed by atoms with E-state index in [1.54, 1.807) is 94.0 Å². The summed E-state index contributed by atoms with van der Waals surface area (Å²) in [7, 11) is -1.18. The first-order chi connectivity index (χ1) is 63.1. The summed E-state index contributed by atoms with van der Waals surface area (Å²) in [5.41, 5.74) is 24.8. The molecule has 0 saturated carbocycles. The Kier molecular flexibility index (Phi) is 39.0. The van der Waals surface area contributed by atoms with Gasteiger partial charge in [0.15, 0.2) is 37.0 Å². The minimum atomic E-state index is -3.19. The number of pyridine rings is 7. The first kappa shape index (κ1) is 105. The van der Waals surface area contributed by atoms with Crippen LogP contribution in [0.1, 0.15) is 257 Å². The molecule has 18 nitrogen and oxygen atoms in total. The summed E-state index contributed by atoms with van der Waals surface area (Å²) >= 11 is 0. The van der Waals surface area contributed by atoms with Crippen molar-refractivity contribution in [2.24, 2.45) is 0 Å². The number of nitrogens with zero attached hydrogens (tertiary/aromatic N) is 8. The van der Waals surface area contributed by atoms with Crippen LogP contribution in [0.5, 0.6) is 0 Å². The summed E-state index contributed by atoms with van der Waals surface area (Å²) < 4.78 is 59.7. The normalized spacial score (nSPS) is 11.0. The number of Topliss-reactive ketones (excluding diaryl/α,β-unsaturated/α-hetero) is 3. The second-order valence-electron chi connectivity index (χ2n) is 34.4. The molecule has 0 bridgehead atoms. The van der Waals surface area contributed by atoms with Crippen molar-refractivity contribution in [3.05, 3.63) is 366 Å². The summed E-state index contributed by atoms with van der Waals surface area (Å²) in [6.45, 7) is 34.4. The summed E-state index contributed by atoms with van der Waals surface area (Å²) in [4.78, 5) is 91.1. The van der Waals surface area contributed by atoms with E-state index in [9.17, 15) is 45.2 Å². The smallest absolute Gasteiger partial charge is 0.253 e.